The van der Waals surface area contributed by atoms with Gasteiger partial charge in [0, 0.05) is 24.0 Å². The lowest BCUT2D eigenvalue weighted by atomic mass is 10.2. The van der Waals surface area contributed by atoms with E-state index in [1.807, 2.05) is 54.3 Å². The first-order valence-electron chi connectivity index (χ1n) is 7.81. The minimum atomic E-state index is 0.0726. The average Bonchev–Trinajstić information content (AvgIpc) is 2.56. The van der Waals surface area contributed by atoms with Crippen molar-refractivity contribution in [1.29, 1.82) is 0 Å². The fourth-order valence-electron chi connectivity index (χ4n) is 2.82. The van der Waals surface area contributed by atoms with Crippen LogP contribution in [0.3, 0.4) is 0 Å². The van der Waals surface area contributed by atoms with Crippen LogP contribution < -0.4 is 20.3 Å². The van der Waals surface area contributed by atoms with Gasteiger partial charge >= 0.3 is 0 Å². The van der Waals surface area contributed by atoms with E-state index in [1.165, 1.54) is 0 Å². The second kappa shape index (κ2) is 6.60. The van der Waals surface area contributed by atoms with Crippen molar-refractivity contribution in [3.8, 4) is 5.75 Å². The van der Waals surface area contributed by atoms with Gasteiger partial charge in [0.1, 0.15) is 12.4 Å². The molecule has 2 aromatic carbocycles. The van der Waals surface area contributed by atoms with Crippen LogP contribution in [0.15, 0.2) is 48.5 Å². The van der Waals surface area contributed by atoms with Crippen LogP contribution in [0.2, 0.25) is 0 Å². The number of nitrogens with two attached hydrogens (primary N) is 1. The van der Waals surface area contributed by atoms with Crippen molar-refractivity contribution in [3.63, 3.8) is 0 Å². The van der Waals surface area contributed by atoms with Gasteiger partial charge < -0.3 is 20.3 Å². The van der Waals surface area contributed by atoms with Gasteiger partial charge in [-0.1, -0.05) is 18.2 Å². The van der Waals surface area contributed by atoms with Crippen molar-refractivity contribution in [2.75, 3.05) is 41.8 Å². The van der Waals surface area contributed by atoms with E-state index in [0.717, 1.165) is 17.1 Å². The number of carbonyl (C=O) groups excluding carboxylic acids is 1. The first kappa shape index (κ1) is 15.2. The van der Waals surface area contributed by atoms with Crippen molar-refractivity contribution in [3.05, 3.63) is 48.5 Å². The topological polar surface area (TPSA) is 58.8 Å². The number of nitrogens with zero attached hydrogens (tertiary/aromatic N) is 2. The second-order valence-corrected chi connectivity index (χ2v) is 5.47. The lowest BCUT2D eigenvalue weighted by Gasteiger charge is -2.32. The van der Waals surface area contributed by atoms with Gasteiger partial charge in [0.2, 0.25) is 5.91 Å². The summed E-state index contributed by atoms with van der Waals surface area (Å²) in [6.07, 6.45) is 0. The van der Waals surface area contributed by atoms with E-state index in [0.29, 0.717) is 31.9 Å². The number of ether oxygens (including phenoxy) is 1. The number of amides is 1. The average molecular weight is 311 g/mol. The molecule has 0 unspecified atom stereocenters. The largest absolute Gasteiger partial charge is 0.489 e. The van der Waals surface area contributed by atoms with Gasteiger partial charge in [0.05, 0.1) is 18.8 Å². The third kappa shape index (κ3) is 3.23. The summed E-state index contributed by atoms with van der Waals surface area (Å²) < 4.78 is 5.64. The van der Waals surface area contributed by atoms with E-state index in [-0.39, 0.29) is 5.91 Å². The third-order valence-corrected chi connectivity index (χ3v) is 3.95. The van der Waals surface area contributed by atoms with Gasteiger partial charge in [-0.2, -0.15) is 0 Å². The Morgan fingerprint density at radius 3 is 2.78 bits per heavy atom. The Balaban J connectivity index is 1.78. The highest BCUT2D eigenvalue weighted by Crippen LogP contribution is 2.33. The highest BCUT2D eigenvalue weighted by molar-refractivity contribution is 5.96. The van der Waals surface area contributed by atoms with Crippen LogP contribution in [0.25, 0.3) is 0 Å². The number of anilines is 3. The molecule has 1 aliphatic heterocycles. The summed E-state index contributed by atoms with van der Waals surface area (Å²) in [6.45, 7) is 4.19. The van der Waals surface area contributed by atoms with Gasteiger partial charge in [0.25, 0.3) is 0 Å². The number of rotatable bonds is 4. The Morgan fingerprint density at radius 1 is 1.26 bits per heavy atom. The van der Waals surface area contributed by atoms with Crippen molar-refractivity contribution < 1.29 is 9.53 Å². The highest BCUT2D eigenvalue weighted by Gasteiger charge is 2.23. The summed E-state index contributed by atoms with van der Waals surface area (Å²) in [6, 6.07) is 15.3. The zero-order valence-electron chi connectivity index (χ0n) is 13.2. The van der Waals surface area contributed by atoms with Gasteiger partial charge in [-0.05, 0) is 31.2 Å². The molecule has 0 atom stereocenters. The van der Waals surface area contributed by atoms with E-state index in [1.54, 1.807) is 11.0 Å². The molecule has 2 aromatic rings. The van der Waals surface area contributed by atoms with Gasteiger partial charge in [-0.3, -0.25) is 4.79 Å². The second-order valence-electron chi connectivity index (χ2n) is 5.47. The fourth-order valence-corrected chi connectivity index (χ4v) is 2.82. The van der Waals surface area contributed by atoms with E-state index in [2.05, 4.69) is 0 Å². The van der Waals surface area contributed by atoms with E-state index in [9.17, 15) is 4.79 Å². The zero-order chi connectivity index (χ0) is 16.2. The van der Waals surface area contributed by atoms with Crippen molar-refractivity contribution in [1.82, 2.24) is 0 Å². The van der Waals surface area contributed by atoms with Gasteiger partial charge in [0.15, 0.2) is 0 Å². The highest BCUT2D eigenvalue weighted by atomic mass is 16.5. The number of para-hydroxylation sites is 1. The molecule has 2 N–H and O–H groups in total. The van der Waals surface area contributed by atoms with Crippen LogP contribution in [0, 0.1) is 0 Å². The molecule has 5 nitrogen and oxygen atoms in total. The van der Waals surface area contributed by atoms with Gasteiger partial charge in [-0.15, -0.1) is 0 Å². The number of nitrogen functional groups attached to an aromatic ring is 1. The molecule has 3 rings (SSSR count). The molecular formula is C18H21N3O2. The van der Waals surface area contributed by atoms with Crippen LogP contribution in [-0.4, -0.2) is 32.1 Å². The third-order valence-electron chi connectivity index (χ3n) is 3.95. The summed E-state index contributed by atoms with van der Waals surface area (Å²) >= 11 is 0. The summed E-state index contributed by atoms with van der Waals surface area (Å²) in [4.78, 5) is 16.6. The lowest BCUT2D eigenvalue weighted by Crippen LogP contribution is -2.43. The number of hydrogen-bond donors (Lipinski definition) is 1. The van der Waals surface area contributed by atoms with E-state index >= 15 is 0 Å². The molecule has 5 heteroatoms. The summed E-state index contributed by atoms with van der Waals surface area (Å²) in [7, 11) is 0. The predicted molar refractivity (Wildman–Crippen MR) is 93.0 cm³/mol. The summed E-state index contributed by atoms with van der Waals surface area (Å²) in [5, 5.41) is 0. The Labute approximate surface area is 136 Å². The first-order valence-corrected chi connectivity index (χ1v) is 7.81. The molecule has 0 spiro atoms. The van der Waals surface area contributed by atoms with Gasteiger partial charge in [-0.25, -0.2) is 0 Å². The lowest BCUT2D eigenvalue weighted by molar-refractivity contribution is -0.117. The van der Waals surface area contributed by atoms with E-state index < -0.39 is 0 Å². The first-order chi connectivity index (χ1) is 11.2. The van der Waals surface area contributed by atoms with Crippen LogP contribution in [0.5, 0.6) is 5.75 Å². The molecule has 0 aromatic heterocycles. The monoisotopic (exact) mass is 311 g/mol. The van der Waals surface area contributed by atoms with Crippen LogP contribution >= 0.6 is 0 Å². The molecular weight excluding hydrogens is 290 g/mol. The Bertz CT molecular complexity index is 688. The number of hydrogen-bond acceptors (Lipinski definition) is 4. The predicted octanol–water partition coefficient (Wildman–Crippen LogP) is 2.52. The zero-order valence-corrected chi connectivity index (χ0v) is 13.2. The Hall–Kier alpha value is -2.69. The van der Waals surface area contributed by atoms with Crippen molar-refractivity contribution in [2.24, 2.45) is 0 Å². The molecule has 0 aliphatic carbocycles. The molecule has 1 amide bonds. The maximum atomic E-state index is 12.7. The molecule has 0 saturated heterocycles. The molecule has 1 aliphatic rings. The molecule has 0 saturated carbocycles. The normalized spacial score (nSPS) is 13.2. The Kier molecular flexibility index (Phi) is 4.37. The number of benzene rings is 2. The summed E-state index contributed by atoms with van der Waals surface area (Å²) in [5.41, 5.74) is 8.31. The minimum absolute atomic E-state index is 0.0726. The maximum absolute atomic E-state index is 12.7. The molecule has 1 heterocycles. The van der Waals surface area contributed by atoms with Crippen molar-refractivity contribution >= 4 is 23.0 Å². The van der Waals surface area contributed by atoms with Crippen molar-refractivity contribution in [2.45, 2.75) is 6.92 Å². The Morgan fingerprint density at radius 2 is 2.04 bits per heavy atom. The molecule has 120 valence electrons. The quantitative estimate of drug-likeness (QED) is 0.882. The fraction of sp³-hybridized carbons (Fsp3) is 0.278. The van der Waals surface area contributed by atoms with Crippen LogP contribution in [0.1, 0.15) is 6.92 Å². The molecule has 0 radical (unpaired) electrons. The molecule has 0 fully saturated rings. The number of carbonyl (C=O) groups is 1. The van der Waals surface area contributed by atoms with Crippen LogP contribution in [0.4, 0.5) is 17.1 Å². The number of likely N-dealkylation sites (N-methyl/N-ethyl adjacent to an activating group) is 1. The maximum Gasteiger partial charge on any atom is 0.246 e. The SMILES string of the molecule is CCN(C(=O)CN1CCOc2cc(N)ccc21)c1ccccc1. The standard InChI is InChI=1S/C18H21N3O2/c1-2-21(15-6-4-3-5-7-15)18(22)13-20-10-11-23-17-12-14(19)8-9-16(17)20/h3-9,12H,2,10-11,13,19H2,1H3. The smallest absolute Gasteiger partial charge is 0.246 e. The number of fused-ring (bicyclic) bond motifs is 1. The molecule has 0 bridgehead atoms. The van der Waals surface area contributed by atoms with Crippen LogP contribution in [-0.2, 0) is 4.79 Å². The summed E-state index contributed by atoms with van der Waals surface area (Å²) in [5.74, 6) is 0.815. The molecule has 23 heavy (non-hydrogen) atoms. The minimum Gasteiger partial charge on any atom is -0.489 e. The van der Waals surface area contributed by atoms with E-state index in [4.69, 9.17) is 10.5 Å².